The minimum atomic E-state index is -0.143. The van der Waals surface area contributed by atoms with Crippen molar-refractivity contribution in [3.05, 3.63) is 12.2 Å². The van der Waals surface area contributed by atoms with Gasteiger partial charge in [0.05, 0.1) is 18.1 Å². The topological polar surface area (TPSA) is 80.6 Å². The van der Waals surface area contributed by atoms with E-state index in [0.29, 0.717) is 13.0 Å². The van der Waals surface area contributed by atoms with Gasteiger partial charge in [-0.3, -0.25) is 0 Å². The number of nitrogens with zero attached hydrogens (tertiary/aromatic N) is 3. The number of hydrogen-bond acceptors (Lipinski definition) is 4. The molecule has 1 unspecified atom stereocenters. The summed E-state index contributed by atoms with van der Waals surface area (Å²) >= 11 is 0. The maximum Gasteiger partial charge on any atom is 0.286 e. The van der Waals surface area contributed by atoms with E-state index in [4.69, 9.17) is 15.8 Å². The molecule has 0 saturated heterocycles. The number of unbranched alkanes of at least 4 members (excludes halogenated alkanes) is 2. The van der Waals surface area contributed by atoms with Crippen molar-refractivity contribution in [3.63, 3.8) is 0 Å². The molecule has 1 atom stereocenters. The first-order chi connectivity index (χ1) is 8.26. The van der Waals surface area contributed by atoms with Crippen LogP contribution in [0.2, 0.25) is 0 Å². The standard InChI is InChI=1S/C13H17N3O/c1-12(6-2-4-8-14)13(10-15)7-3-5-9-17-11-16/h13H,1-7,9H2. The van der Waals surface area contributed by atoms with Gasteiger partial charge in [0.1, 0.15) is 6.61 Å². The van der Waals surface area contributed by atoms with Crippen LogP contribution in [0.5, 0.6) is 0 Å². The van der Waals surface area contributed by atoms with Crippen LogP contribution in [-0.4, -0.2) is 6.61 Å². The molecule has 4 heteroatoms. The molecule has 0 aliphatic carbocycles. The van der Waals surface area contributed by atoms with Crippen molar-refractivity contribution in [2.24, 2.45) is 5.92 Å². The maximum atomic E-state index is 9.00. The fraction of sp³-hybridized carbons (Fsp3) is 0.615. The second kappa shape index (κ2) is 10.5. The fourth-order valence-electron chi connectivity index (χ4n) is 1.50. The van der Waals surface area contributed by atoms with Crippen LogP contribution in [0.4, 0.5) is 0 Å². The SMILES string of the molecule is C=C(CCCC#N)C(C#N)CCCCOC#N. The molecular weight excluding hydrogens is 214 g/mol. The molecule has 17 heavy (non-hydrogen) atoms. The van der Waals surface area contributed by atoms with Gasteiger partial charge in [0, 0.05) is 6.42 Å². The summed E-state index contributed by atoms with van der Waals surface area (Å²) in [7, 11) is 0. The van der Waals surface area contributed by atoms with Crippen LogP contribution >= 0.6 is 0 Å². The number of rotatable bonds is 9. The molecule has 0 rings (SSSR count). The second-order valence-electron chi connectivity index (χ2n) is 3.79. The van der Waals surface area contributed by atoms with Crippen LogP contribution in [0.25, 0.3) is 0 Å². The van der Waals surface area contributed by atoms with Crippen molar-refractivity contribution in [1.29, 1.82) is 15.8 Å². The lowest BCUT2D eigenvalue weighted by molar-refractivity contribution is 0.259. The molecule has 0 heterocycles. The summed E-state index contributed by atoms with van der Waals surface area (Å²) < 4.78 is 4.55. The maximum absolute atomic E-state index is 9.00. The molecule has 0 spiro atoms. The number of allylic oxidation sites excluding steroid dienone is 1. The predicted octanol–water partition coefficient (Wildman–Crippen LogP) is 3.04. The van der Waals surface area contributed by atoms with E-state index in [2.05, 4.69) is 23.5 Å². The third-order valence-corrected chi connectivity index (χ3v) is 2.49. The van der Waals surface area contributed by atoms with E-state index in [1.54, 1.807) is 6.26 Å². The molecule has 90 valence electrons. The summed E-state index contributed by atoms with van der Waals surface area (Å²) in [5.41, 5.74) is 0.906. The van der Waals surface area contributed by atoms with Crippen LogP contribution in [0.1, 0.15) is 38.5 Å². The highest BCUT2D eigenvalue weighted by atomic mass is 16.5. The van der Waals surface area contributed by atoms with Gasteiger partial charge < -0.3 is 4.74 Å². The average molecular weight is 231 g/mol. The Hall–Kier alpha value is -1.99. The van der Waals surface area contributed by atoms with Crippen molar-refractivity contribution in [1.82, 2.24) is 0 Å². The first kappa shape index (κ1) is 15.0. The van der Waals surface area contributed by atoms with Gasteiger partial charge in [-0.2, -0.15) is 15.8 Å². The molecule has 0 aromatic rings. The van der Waals surface area contributed by atoms with Crippen molar-refractivity contribution in [3.8, 4) is 18.4 Å². The molecule has 0 radical (unpaired) electrons. The zero-order valence-corrected chi connectivity index (χ0v) is 9.98. The lowest BCUT2D eigenvalue weighted by atomic mass is 9.92. The monoisotopic (exact) mass is 231 g/mol. The molecule has 0 aliphatic heterocycles. The summed E-state index contributed by atoms with van der Waals surface area (Å²) in [6.07, 6.45) is 5.99. The molecule has 0 fully saturated rings. The summed E-state index contributed by atoms with van der Waals surface area (Å²) in [5.74, 6) is -0.143. The van der Waals surface area contributed by atoms with Crippen molar-refractivity contribution < 1.29 is 4.74 Å². The van der Waals surface area contributed by atoms with Crippen LogP contribution in [-0.2, 0) is 4.74 Å². The average Bonchev–Trinajstić information content (AvgIpc) is 2.34. The zero-order chi connectivity index (χ0) is 12.9. The lowest BCUT2D eigenvalue weighted by Gasteiger charge is -2.11. The third kappa shape index (κ3) is 7.88. The van der Waals surface area contributed by atoms with Gasteiger partial charge in [-0.1, -0.05) is 12.2 Å². The highest BCUT2D eigenvalue weighted by Gasteiger charge is 2.10. The quantitative estimate of drug-likeness (QED) is 0.347. The number of nitriles is 3. The van der Waals surface area contributed by atoms with Crippen molar-refractivity contribution in [2.75, 3.05) is 6.61 Å². The Balaban J connectivity index is 3.76. The van der Waals surface area contributed by atoms with Gasteiger partial charge in [0.15, 0.2) is 0 Å². The van der Waals surface area contributed by atoms with Gasteiger partial charge in [0.2, 0.25) is 0 Å². The molecule has 0 amide bonds. The van der Waals surface area contributed by atoms with Crippen LogP contribution in [0.15, 0.2) is 12.2 Å². The Morgan fingerprint density at radius 2 is 1.94 bits per heavy atom. The third-order valence-electron chi connectivity index (χ3n) is 2.49. The Morgan fingerprint density at radius 1 is 1.18 bits per heavy atom. The molecule has 0 N–H and O–H groups in total. The number of ether oxygens (including phenoxy) is 1. The van der Waals surface area contributed by atoms with Crippen LogP contribution in [0, 0.1) is 40.1 Å². The van der Waals surface area contributed by atoms with E-state index in [1.807, 2.05) is 0 Å². The Morgan fingerprint density at radius 3 is 2.53 bits per heavy atom. The zero-order valence-electron chi connectivity index (χ0n) is 9.98. The fourth-order valence-corrected chi connectivity index (χ4v) is 1.50. The van der Waals surface area contributed by atoms with E-state index in [9.17, 15) is 0 Å². The number of hydrogen-bond donors (Lipinski definition) is 0. The molecule has 0 saturated carbocycles. The summed E-state index contributed by atoms with van der Waals surface area (Å²) in [6, 6.07) is 4.31. The smallest absolute Gasteiger partial charge is 0.286 e. The largest absolute Gasteiger partial charge is 0.428 e. The molecule has 0 aromatic carbocycles. The highest BCUT2D eigenvalue weighted by Crippen LogP contribution is 2.20. The highest BCUT2D eigenvalue weighted by molar-refractivity contribution is 5.10. The Labute approximate surface area is 103 Å². The molecule has 0 aliphatic rings. The first-order valence-electron chi connectivity index (χ1n) is 5.71. The lowest BCUT2D eigenvalue weighted by Crippen LogP contribution is -2.02. The Kier molecular flexibility index (Phi) is 9.29. The molecule has 0 bridgehead atoms. The molecule has 4 nitrogen and oxygen atoms in total. The van der Waals surface area contributed by atoms with Crippen LogP contribution < -0.4 is 0 Å². The van der Waals surface area contributed by atoms with Crippen molar-refractivity contribution >= 4 is 0 Å². The molecule has 0 aromatic heterocycles. The summed E-state index contributed by atoms with van der Waals surface area (Å²) in [5, 5.41) is 25.6. The summed E-state index contributed by atoms with van der Waals surface area (Å²) in [6.45, 7) is 4.31. The summed E-state index contributed by atoms with van der Waals surface area (Å²) in [4.78, 5) is 0. The van der Waals surface area contributed by atoms with Gasteiger partial charge in [-0.15, -0.1) is 0 Å². The molecular formula is C13H17N3O. The van der Waals surface area contributed by atoms with E-state index < -0.39 is 0 Å². The predicted molar refractivity (Wildman–Crippen MR) is 63.1 cm³/mol. The van der Waals surface area contributed by atoms with E-state index in [0.717, 1.165) is 37.7 Å². The first-order valence-corrected chi connectivity index (χ1v) is 5.71. The van der Waals surface area contributed by atoms with Gasteiger partial charge in [-0.05, 0) is 32.1 Å². The second-order valence-corrected chi connectivity index (χ2v) is 3.79. The van der Waals surface area contributed by atoms with Gasteiger partial charge in [-0.25, -0.2) is 0 Å². The minimum absolute atomic E-state index is 0.143. The van der Waals surface area contributed by atoms with E-state index >= 15 is 0 Å². The van der Waals surface area contributed by atoms with Crippen molar-refractivity contribution in [2.45, 2.75) is 38.5 Å². The van der Waals surface area contributed by atoms with E-state index in [-0.39, 0.29) is 5.92 Å². The Bertz CT molecular complexity index is 343. The minimum Gasteiger partial charge on any atom is -0.428 e. The van der Waals surface area contributed by atoms with Gasteiger partial charge in [0.25, 0.3) is 6.26 Å². The normalized spacial score (nSPS) is 10.6. The van der Waals surface area contributed by atoms with Gasteiger partial charge >= 0.3 is 0 Å². The van der Waals surface area contributed by atoms with E-state index in [1.165, 1.54) is 0 Å². The van der Waals surface area contributed by atoms with Crippen LogP contribution in [0.3, 0.4) is 0 Å².